The summed E-state index contributed by atoms with van der Waals surface area (Å²) in [4.78, 5) is 25.2. The van der Waals surface area contributed by atoms with Crippen LogP contribution in [0.2, 0.25) is 0 Å². The molecule has 4 rings (SSSR count). The first kappa shape index (κ1) is 34.1. The number of carboxylic acids is 1. The van der Waals surface area contributed by atoms with Crippen LogP contribution in [0.25, 0.3) is 22.5 Å². The Morgan fingerprint density at radius 3 is 2.30 bits per heavy atom. The van der Waals surface area contributed by atoms with Crippen LogP contribution in [0.1, 0.15) is 45.3 Å². The Morgan fingerprint density at radius 2 is 1.70 bits per heavy atom. The number of ether oxygens (including phenoxy) is 1. The van der Waals surface area contributed by atoms with E-state index in [1.807, 2.05) is 43.5 Å². The van der Waals surface area contributed by atoms with E-state index in [-0.39, 0.29) is 25.3 Å². The van der Waals surface area contributed by atoms with Gasteiger partial charge in [-0.3, -0.25) is 4.79 Å². The van der Waals surface area contributed by atoms with Crippen molar-refractivity contribution in [2.75, 3.05) is 19.1 Å². The quantitative estimate of drug-likeness (QED) is 0.243. The third-order valence-electron chi connectivity index (χ3n) is 6.86. The predicted octanol–water partition coefficient (Wildman–Crippen LogP) is 4.62. The van der Waals surface area contributed by atoms with Gasteiger partial charge in [0.05, 0.1) is 5.56 Å². The summed E-state index contributed by atoms with van der Waals surface area (Å²) in [6, 6.07) is 19.7. The molecule has 0 radical (unpaired) electrons. The minimum atomic E-state index is -4.44. The molecule has 0 aliphatic heterocycles. The minimum absolute atomic E-state index is 0. The summed E-state index contributed by atoms with van der Waals surface area (Å²) in [7, 11) is 1.50. The zero-order valence-corrected chi connectivity index (χ0v) is 25.0. The molecule has 1 heterocycles. The van der Waals surface area contributed by atoms with Crippen molar-refractivity contribution in [2.24, 2.45) is 0 Å². The molecule has 1 aromatic heterocycles. The molecule has 0 fully saturated rings. The first-order valence-corrected chi connectivity index (χ1v) is 14.5. The van der Waals surface area contributed by atoms with Crippen molar-refractivity contribution in [3.8, 4) is 22.5 Å². The molecular weight excluding hydrogens is 574 g/mol. The molecule has 2 N–H and O–H groups in total. The second kappa shape index (κ2) is 14.8. The van der Waals surface area contributed by atoms with Gasteiger partial charge in [-0.05, 0) is 84.0 Å². The molecule has 0 aliphatic rings. The smallest absolute Gasteiger partial charge is 0.480 e. The Bertz CT molecular complexity index is 1560. The number of aliphatic carboxylic acids is 1. The standard InChI is InChI=1S/C32H30F3NO5S.Li/c1-19-6-4-5-7-23(19)25-18-21(10-13-24(25)30(37)36-26(31(38)39)16-17-42-3)29(40-2)28-15-14-27(41-28)20-8-11-22(12-9-20)32(33,34)35;/h4-15,18,26,29H,16-17H2,1-3H3,(H,36,37)(H,38,39);/q;+1. The summed E-state index contributed by atoms with van der Waals surface area (Å²) >= 11 is 1.50. The van der Waals surface area contributed by atoms with Crippen molar-refractivity contribution >= 4 is 23.6 Å². The van der Waals surface area contributed by atoms with Crippen molar-refractivity contribution in [1.29, 1.82) is 0 Å². The van der Waals surface area contributed by atoms with Crippen LogP contribution in [0.5, 0.6) is 0 Å². The Labute approximate surface area is 264 Å². The van der Waals surface area contributed by atoms with E-state index >= 15 is 0 Å². The SMILES string of the molecule is COC(c1ccc(C(=O)NC(CCSC)C(=O)O)c(-c2ccccc2C)c1)c1ccc(-c2ccc(C(F)(F)F)cc2)o1.[Li+]. The van der Waals surface area contributed by atoms with Gasteiger partial charge in [-0.2, -0.15) is 24.9 Å². The summed E-state index contributed by atoms with van der Waals surface area (Å²) in [5.41, 5.74) is 3.00. The Morgan fingerprint density at radius 1 is 1.00 bits per heavy atom. The first-order chi connectivity index (χ1) is 20.0. The van der Waals surface area contributed by atoms with E-state index in [9.17, 15) is 27.9 Å². The summed E-state index contributed by atoms with van der Waals surface area (Å²) in [5, 5.41) is 12.3. The number of furan rings is 1. The van der Waals surface area contributed by atoms with Gasteiger partial charge in [0.1, 0.15) is 23.7 Å². The third-order valence-corrected chi connectivity index (χ3v) is 7.50. The van der Waals surface area contributed by atoms with Crippen molar-refractivity contribution in [1.82, 2.24) is 5.32 Å². The molecule has 2 unspecified atom stereocenters. The second-order valence-electron chi connectivity index (χ2n) is 9.66. The summed E-state index contributed by atoms with van der Waals surface area (Å²) < 4.78 is 50.7. The second-order valence-corrected chi connectivity index (χ2v) is 10.6. The van der Waals surface area contributed by atoms with E-state index in [0.29, 0.717) is 39.5 Å². The molecule has 0 spiro atoms. The molecule has 0 saturated carbocycles. The maximum absolute atomic E-state index is 13.4. The monoisotopic (exact) mass is 604 g/mol. The van der Waals surface area contributed by atoms with Gasteiger partial charge in [-0.15, -0.1) is 0 Å². The zero-order chi connectivity index (χ0) is 30.4. The summed E-state index contributed by atoms with van der Waals surface area (Å²) in [5.74, 6) is -0.241. The number of aryl methyl sites for hydroxylation is 1. The van der Waals surface area contributed by atoms with E-state index in [2.05, 4.69) is 5.32 Å². The molecular formula is C32H30F3LiNO5S+. The Balaban J connectivity index is 0.00000506. The van der Waals surface area contributed by atoms with Gasteiger partial charge in [-0.1, -0.05) is 42.5 Å². The zero-order valence-electron chi connectivity index (χ0n) is 24.2. The number of benzene rings is 3. The number of carbonyl (C=O) groups is 2. The van der Waals surface area contributed by atoms with Crippen LogP contribution >= 0.6 is 11.8 Å². The van der Waals surface area contributed by atoms with Crippen molar-refractivity contribution < 1.29 is 55.9 Å². The number of rotatable bonds is 11. The van der Waals surface area contributed by atoms with Crippen LogP contribution in [-0.2, 0) is 15.7 Å². The topological polar surface area (TPSA) is 88.8 Å². The fraction of sp³-hybridized carbons (Fsp3) is 0.250. The molecule has 0 saturated heterocycles. The maximum atomic E-state index is 13.4. The number of nitrogens with one attached hydrogen (secondary N) is 1. The molecule has 220 valence electrons. The number of halogens is 3. The fourth-order valence-electron chi connectivity index (χ4n) is 4.64. The molecule has 6 nitrogen and oxygen atoms in total. The third kappa shape index (κ3) is 8.15. The van der Waals surface area contributed by atoms with Gasteiger partial charge >= 0.3 is 31.0 Å². The van der Waals surface area contributed by atoms with Crippen LogP contribution in [0, 0.1) is 6.92 Å². The first-order valence-electron chi connectivity index (χ1n) is 13.1. The van der Waals surface area contributed by atoms with Crippen molar-refractivity contribution in [2.45, 2.75) is 31.7 Å². The molecule has 2 atom stereocenters. The number of carbonyl (C=O) groups excluding carboxylic acids is 1. The Kier molecular flexibility index (Phi) is 11.8. The molecule has 0 aliphatic carbocycles. The Hall–Kier alpha value is -3.42. The normalized spacial score (nSPS) is 12.7. The molecule has 4 aromatic rings. The number of hydrogen-bond donors (Lipinski definition) is 2. The summed E-state index contributed by atoms with van der Waals surface area (Å²) in [6.07, 6.45) is -2.98. The number of amides is 1. The van der Waals surface area contributed by atoms with E-state index in [1.165, 1.54) is 31.0 Å². The van der Waals surface area contributed by atoms with Crippen LogP contribution in [0.15, 0.2) is 83.3 Å². The van der Waals surface area contributed by atoms with Gasteiger partial charge < -0.3 is 19.6 Å². The van der Waals surface area contributed by atoms with E-state index in [4.69, 9.17) is 9.15 Å². The van der Waals surface area contributed by atoms with Crippen LogP contribution in [0.3, 0.4) is 0 Å². The van der Waals surface area contributed by atoms with Crippen molar-refractivity contribution in [3.63, 3.8) is 0 Å². The predicted molar refractivity (Wildman–Crippen MR) is 157 cm³/mol. The summed E-state index contributed by atoms with van der Waals surface area (Å²) in [6.45, 7) is 1.92. The molecule has 3 aromatic carbocycles. The molecule has 0 bridgehead atoms. The van der Waals surface area contributed by atoms with Gasteiger partial charge in [0, 0.05) is 18.2 Å². The van der Waals surface area contributed by atoms with E-state index < -0.39 is 35.8 Å². The van der Waals surface area contributed by atoms with Crippen LogP contribution in [-0.4, -0.2) is 42.1 Å². The van der Waals surface area contributed by atoms with Gasteiger partial charge in [0.25, 0.3) is 5.91 Å². The van der Waals surface area contributed by atoms with Crippen molar-refractivity contribution in [3.05, 3.63) is 107 Å². The molecule has 11 heteroatoms. The van der Waals surface area contributed by atoms with Gasteiger partial charge in [0.15, 0.2) is 0 Å². The number of hydrogen-bond acceptors (Lipinski definition) is 5. The minimum Gasteiger partial charge on any atom is -0.480 e. The maximum Gasteiger partial charge on any atom is 1.00 e. The fourth-order valence-corrected chi connectivity index (χ4v) is 5.11. The number of methoxy groups -OCH3 is 1. The van der Waals surface area contributed by atoms with Crippen LogP contribution < -0.4 is 24.2 Å². The average molecular weight is 605 g/mol. The van der Waals surface area contributed by atoms with Gasteiger partial charge in [-0.25, -0.2) is 4.79 Å². The average Bonchev–Trinajstić information content (AvgIpc) is 3.45. The van der Waals surface area contributed by atoms with E-state index in [0.717, 1.165) is 23.3 Å². The number of alkyl halides is 3. The van der Waals surface area contributed by atoms with Crippen LogP contribution in [0.4, 0.5) is 13.2 Å². The number of thioether (sulfide) groups is 1. The van der Waals surface area contributed by atoms with Gasteiger partial charge in [0.2, 0.25) is 0 Å². The molecule has 1 amide bonds. The molecule has 43 heavy (non-hydrogen) atoms. The number of carboxylic acid groups (broad SMARTS) is 1. The largest absolute Gasteiger partial charge is 1.00 e. The van der Waals surface area contributed by atoms with E-state index in [1.54, 1.807) is 24.3 Å².